The largest absolute Gasteiger partial charge is 0.454 e. The molecular weight excluding hydrogens is 444 g/mol. The van der Waals surface area contributed by atoms with Crippen LogP contribution >= 0.6 is 0 Å². The first-order valence-corrected chi connectivity index (χ1v) is 10.1. The number of halogens is 4. The Morgan fingerprint density at radius 3 is 2.67 bits per heavy atom. The van der Waals surface area contributed by atoms with Gasteiger partial charge in [0, 0.05) is 13.0 Å². The lowest BCUT2D eigenvalue weighted by molar-refractivity contribution is -0.173. The summed E-state index contributed by atoms with van der Waals surface area (Å²) in [4.78, 5) is 12.8. The van der Waals surface area contributed by atoms with E-state index < -0.39 is 30.0 Å². The molecule has 3 aromatic rings. The molecule has 2 aliphatic rings. The van der Waals surface area contributed by atoms with Gasteiger partial charge in [-0.1, -0.05) is 18.2 Å². The molecule has 11 heteroatoms. The van der Waals surface area contributed by atoms with Crippen molar-refractivity contribution in [2.45, 2.75) is 31.2 Å². The fourth-order valence-corrected chi connectivity index (χ4v) is 3.97. The molecule has 0 spiro atoms. The van der Waals surface area contributed by atoms with E-state index in [4.69, 9.17) is 9.47 Å². The molecule has 0 saturated carbocycles. The number of alkyl halides is 3. The van der Waals surface area contributed by atoms with Gasteiger partial charge in [0.2, 0.25) is 6.79 Å². The molecule has 0 saturated heterocycles. The second-order valence-electron chi connectivity index (χ2n) is 7.76. The number of hydrogen-bond donors (Lipinski definition) is 2. The van der Waals surface area contributed by atoms with Gasteiger partial charge in [-0.25, -0.2) is 9.07 Å². The van der Waals surface area contributed by atoms with Crippen LogP contribution < -0.4 is 20.1 Å². The van der Waals surface area contributed by atoms with E-state index in [9.17, 15) is 22.4 Å². The number of carbonyl (C=O) groups is 1. The van der Waals surface area contributed by atoms with Gasteiger partial charge in [-0.15, -0.1) is 0 Å². The molecule has 33 heavy (non-hydrogen) atoms. The van der Waals surface area contributed by atoms with Crippen LogP contribution in [-0.4, -0.2) is 28.7 Å². The van der Waals surface area contributed by atoms with E-state index in [-0.39, 0.29) is 31.1 Å². The first-order chi connectivity index (χ1) is 15.8. The zero-order valence-electron chi connectivity index (χ0n) is 17.0. The number of rotatable bonds is 4. The van der Waals surface area contributed by atoms with Crippen molar-refractivity contribution in [3.05, 3.63) is 71.2 Å². The number of nitrogens with one attached hydrogen (secondary N) is 2. The monoisotopic (exact) mass is 462 g/mol. The van der Waals surface area contributed by atoms with Gasteiger partial charge in [0.05, 0.1) is 12.2 Å². The first kappa shape index (κ1) is 21.1. The van der Waals surface area contributed by atoms with Crippen molar-refractivity contribution in [3.63, 3.8) is 0 Å². The Bertz CT molecular complexity index is 1190. The minimum Gasteiger partial charge on any atom is -0.454 e. The minimum atomic E-state index is -4.58. The maximum absolute atomic E-state index is 13.8. The summed E-state index contributed by atoms with van der Waals surface area (Å²) in [6.45, 7) is 0.249. The van der Waals surface area contributed by atoms with Gasteiger partial charge in [0.1, 0.15) is 17.2 Å². The summed E-state index contributed by atoms with van der Waals surface area (Å²) in [5.41, 5.74) is 1.19. The summed E-state index contributed by atoms with van der Waals surface area (Å²) < 4.78 is 66.0. The molecule has 2 atom stereocenters. The number of aromatic nitrogens is 2. The summed E-state index contributed by atoms with van der Waals surface area (Å²) in [5, 5.41) is 9.52. The van der Waals surface area contributed by atoms with Gasteiger partial charge in [-0.05, 0) is 35.4 Å². The highest BCUT2D eigenvalue weighted by molar-refractivity contribution is 5.98. The Balaban J connectivity index is 1.39. The van der Waals surface area contributed by atoms with E-state index in [1.54, 1.807) is 18.2 Å². The number of hydrogen-bond acceptors (Lipinski definition) is 5. The Labute approximate surface area is 185 Å². The highest BCUT2D eigenvalue weighted by Gasteiger charge is 2.47. The fraction of sp³-hybridized carbons (Fsp3) is 0.273. The third kappa shape index (κ3) is 4.06. The number of benzene rings is 2. The third-order valence-corrected chi connectivity index (χ3v) is 5.65. The normalized spacial score (nSPS) is 19.0. The van der Waals surface area contributed by atoms with Gasteiger partial charge in [-0.3, -0.25) is 4.79 Å². The quantitative estimate of drug-likeness (QED) is 0.564. The zero-order valence-corrected chi connectivity index (χ0v) is 17.0. The van der Waals surface area contributed by atoms with Crippen LogP contribution in [0.3, 0.4) is 0 Å². The third-order valence-electron chi connectivity index (χ3n) is 5.65. The Morgan fingerprint density at radius 2 is 1.91 bits per heavy atom. The lowest BCUT2D eigenvalue weighted by Gasteiger charge is -2.34. The Hall–Kier alpha value is -3.76. The van der Waals surface area contributed by atoms with Crippen molar-refractivity contribution in [1.29, 1.82) is 0 Å². The summed E-state index contributed by atoms with van der Waals surface area (Å²) in [6.07, 6.45) is -3.81. The van der Waals surface area contributed by atoms with Crippen LogP contribution in [0.2, 0.25) is 0 Å². The second kappa shape index (κ2) is 7.98. The van der Waals surface area contributed by atoms with Gasteiger partial charge >= 0.3 is 6.18 Å². The molecule has 0 bridgehead atoms. The van der Waals surface area contributed by atoms with Crippen LogP contribution in [-0.2, 0) is 6.54 Å². The molecule has 0 radical (unpaired) electrons. The maximum atomic E-state index is 13.8. The summed E-state index contributed by atoms with van der Waals surface area (Å²) in [5.74, 6) is 0.0465. The van der Waals surface area contributed by atoms with E-state index >= 15 is 0 Å². The molecule has 3 heterocycles. The number of amides is 1. The lowest BCUT2D eigenvalue weighted by Crippen LogP contribution is -2.36. The highest BCUT2D eigenvalue weighted by atomic mass is 19.4. The molecule has 1 amide bonds. The van der Waals surface area contributed by atoms with Crippen LogP contribution in [0.15, 0.2) is 48.7 Å². The molecule has 2 aliphatic heterocycles. The molecule has 1 aromatic heterocycles. The summed E-state index contributed by atoms with van der Waals surface area (Å²) in [6, 6.07) is 7.70. The smallest absolute Gasteiger partial charge is 0.410 e. The van der Waals surface area contributed by atoms with E-state index in [1.165, 1.54) is 24.3 Å². The molecule has 5 rings (SSSR count). The van der Waals surface area contributed by atoms with Crippen LogP contribution in [0, 0.1) is 5.82 Å². The highest BCUT2D eigenvalue weighted by Crippen LogP contribution is 2.44. The van der Waals surface area contributed by atoms with Crippen molar-refractivity contribution in [2.24, 2.45) is 0 Å². The van der Waals surface area contributed by atoms with Crippen molar-refractivity contribution in [3.8, 4) is 11.5 Å². The number of nitrogens with zero attached hydrogens (tertiary/aromatic N) is 2. The maximum Gasteiger partial charge on any atom is 0.410 e. The van der Waals surface area contributed by atoms with Crippen LogP contribution in [0.5, 0.6) is 11.5 Å². The second-order valence-corrected chi connectivity index (χ2v) is 7.76. The van der Waals surface area contributed by atoms with Crippen LogP contribution in [0.25, 0.3) is 0 Å². The minimum absolute atomic E-state index is 0.0168. The predicted molar refractivity (Wildman–Crippen MR) is 108 cm³/mol. The molecule has 7 nitrogen and oxygen atoms in total. The van der Waals surface area contributed by atoms with Crippen molar-refractivity contribution in [2.75, 3.05) is 12.1 Å². The number of carbonyl (C=O) groups excluding carboxylic acids is 1. The Morgan fingerprint density at radius 1 is 1.15 bits per heavy atom. The lowest BCUT2D eigenvalue weighted by atomic mass is 9.96. The molecule has 2 aromatic carbocycles. The molecule has 0 aliphatic carbocycles. The average molecular weight is 462 g/mol. The van der Waals surface area contributed by atoms with Crippen LogP contribution in [0.1, 0.15) is 40.0 Å². The van der Waals surface area contributed by atoms with Gasteiger partial charge in [0.15, 0.2) is 17.5 Å². The van der Waals surface area contributed by atoms with Gasteiger partial charge in [0.25, 0.3) is 5.91 Å². The average Bonchev–Trinajstić information content (AvgIpc) is 3.43. The number of anilines is 1. The van der Waals surface area contributed by atoms with E-state index in [0.717, 1.165) is 16.4 Å². The van der Waals surface area contributed by atoms with Crippen molar-refractivity contribution < 1.29 is 31.8 Å². The molecule has 0 fully saturated rings. The van der Waals surface area contributed by atoms with E-state index in [0.29, 0.717) is 17.1 Å². The van der Waals surface area contributed by atoms with Crippen LogP contribution in [0.4, 0.5) is 23.4 Å². The van der Waals surface area contributed by atoms with E-state index in [2.05, 4.69) is 15.7 Å². The Kier molecular flexibility index (Phi) is 5.10. The van der Waals surface area contributed by atoms with Gasteiger partial charge in [-0.2, -0.15) is 18.3 Å². The molecule has 0 unspecified atom stereocenters. The topological polar surface area (TPSA) is 77.4 Å². The number of ether oxygens (including phenoxy) is 2. The predicted octanol–water partition coefficient (Wildman–Crippen LogP) is 4.34. The number of fused-ring (bicyclic) bond motifs is 2. The fourth-order valence-electron chi connectivity index (χ4n) is 3.97. The summed E-state index contributed by atoms with van der Waals surface area (Å²) in [7, 11) is 0. The summed E-state index contributed by atoms with van der Waals surface area (Å²) >= 11 is 0. The molecular formula is C22H18F4N4O3. The SMILES string of the molecule is O=C(NCc1ccc2c(c1)OCO2)c1cnn2c1N[C@@H](c1ccc(F)cc1)C[C@H]2C(F)(F)F. The first-order valence-electron chi connectivity index (χ1n) is 10.1. The zero-order chi connectivity index (χ0) is 23.2. The molecule has 172 valence electrons. The standard InChI is InChI=1S/C22H18F4N4O3/c23-14-4-2-13(3-5-14)16-8-19(22(24,25)26)30-20(29-16)15(10-28-30)21(31)27-9-12-1-6-17-18(7-12)33-11-32-17/h1-7,10,16,19,29H,8-9,11H2,(H,27,31)/t16-,19+/m1/s1. The molecule has 2 N–H and O–H groups in total. The van der Waals surface area contributed by atoms with E-state index in [1.807, 2.05) is 0 Å². The van der Waals surface area contributed by atoms with Crippen molar-refractivity contribution in [1.82, 2.24) is 15.1 Å². The van der Waals surface area contributed by atoms with Crippen molar-refractivity contribution >= 4 is 11.7 Å². The van der Waals surface area contributed by atoms with Gasteiger partial charge < -0.3 is 20.1 Å².